The van der Waals surface area contributed by atoms with Gasteiger partial charge in [-0.25, -0.2) is 0 Å². The molecule has 0 radical (unpaired) electrons. The van der Waals surface area contributed by atoms with Gasteiger partial charge in [0.2, 0.25) is 0 Å². The summed E-state index contributed by atoms with van der Waals surface area (Å²) >= 11 is 1.50. The van der Waals surface area contributed by atoms with Crippen LogP contribution in [0.5, 0.6) is 0 Å². The quantitative estimate of drug-likeness (QED) is 0.907. The standard InChI is InChI=1S/C19H24N2O2S/c1-15-8-9-17(24-15)18(22)20(2)13-19(23)10-11-21(14-19)12-16-6-4-3-5-7-16/h3-9,23H,10-14H2,1-2H3/t19-/m1/s1. The highest BCUT2D eigenvalue weighted by atomic mass is 32.1. The minimum Gasteiger partial charge on any atom is -0.387 e. The molecule has 1 saturated heterocycles. The summed E-state index contributed by atoms with van der Waals surface area (Å²) in [4.78, 5) is 18.2. The van der Waals surface area contributed by atoms with Gasteiger partial charge in [0.05, 0.1) is 17.0 Å². The Bertz CT molecular complexity index is 700. The second kappa shape index (κ2) is 7.05. The molecule has 0 aliphatic carbocycles. The van der Waals surface area contributed by atoms with Gasteiger partial charge in [0.1, 0.15) is 0 Å². The molecule has 1 aromatic heterocycles. The van der Waals surface area contributed by atoms with Crippen molar-refractivity contribution in [2.24, 2.45) is 0 Å². The Kier molecular flexibility index (Phi) is 5.04. The van der Waals surface area contributed by atoms with Crippen LogP contribution in [0.15, 0.2) is 42.5 Å². The molecule has 128 valence electrons. The topological polar surface area (TPSA) is 43.8 Å². The van der Waals surface area contributed by atoms with E-state index < -0.39 is 5.60 Å². The molecule has 3 rings (SSSR count). The third kappa shape index (κ3) is 4.04. The first-order valence-corrected chi connectivity index (χ1v) is 9.07. The summed E-state index contributed by atoms with van der Waals surface area (Å²) < 4.78 is 0. The maximum absolute atomic E-state index is 12.5. The summed E-state index contributed by atoms with van der Waals surface area (Å²) in [5, 5.41) is 10.9. The van der Waals surface area contributed by atoms with E-state index >= 15 is 0 Å². The zero-order valence-corrected chi connectivity index (χ0v) is 15.1. The van der Waals surface area contributed by atoms with E-state index in [1.807, 2.05) is 37.3 Å². The van der Waals surface area contributed by atoms with Crippen LogP contribution >= 0.6 is 11.3 Å². The van der Waals surface area contributed by atoms with Gasteiger partial charge in [-0.3, -0.25) is 9.69 Å². The Labute approximate surface area is 147 Å². The molecule has 24 heavy (non-hydrogen) atoms. The van der Waals surface area contributed by atoms with E-state index in [-0.39, 0.29) is 5.91 Å². The third-order valence-electron chi connectivity index (χ3n) is 4.49. The fraction of sp³-hybridized carbons (Fsp3) is 0.421. The summed E-state index contributed by atoms with van der Waals surface area (Å²) in [6.45, 7) is 4.65. The minimum absolute atomic E-state index is 0.0111. The van der Waals surface area contributed by atoms with Crippen LogP contribution in [0, 0.1) is 6.92 Å². The second-order valence-electron chi connectivity index (χ2n) is 6.74. The first-order valence-electron chi connectivity index (χ1n) is 8.26. The number of thiophene rings is 1. The predicted octanol–water partition coefficient (Wildman–Crippen LogP) is 2.77. The van der Waals surface area contributed by atoms with Crippen LogP contribution in [0.25, 0.3) is 0 Å². The molecule has 1 N–H and O–H groups in total. The molecule has 0 saturated carbocycles. The molecule has 1 aliphatic rings. The fourth-order valence-electron chi connectivity index (χ4n) is 3.30. The van der Waals surface area contributed by atoms with E-state index in [0.717, 1.165) is 22.8 Å². The molecule has 1 fully saturated rings. The Morgan fingerprint density at radius 1 is 1.29 bits per heavy atom. The largest absolute Gasteiger partial charge is 0.387 e. The highest BCUT2D eigenvalue weighted by Crippen LogP contribution is 2.25. The molecule has 0 unspecified atom stereocenters. The Morgan fingerprint density at radius 3 is 2.71 bits per heavy atom. The number of hydrogen-bond acceptors (Lipinski definition) is 4. The number of aliphatic hydroxyl groups is 1. The summed E-state index contributed by atoms with van der Waals surface area (Å²) in [5.41, 5.74) is 0.422. The summed E-state index contributed by atoms with van der Waals surface area (Å²) in [6, 6.07) is 14.1. The lowest BCUT2D eigenvalue weighted by Gasteiger charge is -2.29. The van der Waals surface area contributed by atoms with Gasteiger partial charge in [-0.1, -0.05) is 30.3 Å². The van der Waals surface area contributed by atoms with E-state index in [0.29, 0.717) is 19.5 Å². The summed E-state index contributed by atoms with van der Waals surface area (Å²) in [7, 11) is 1.77. The van der Waals surface area contributed by atoms with Crippen LogP contribution in [0.2, 0.25) is 0 Å². The highest BCUT2D eigenvalue weighted by molar-refractivity contribution is 7.13. The molecule has 1 amide bonds. The highest BCUT2D eigenvalue weighted by Gasteiger charge is 2.38. The zero-order valence-electron chi connectivity index (χ0n) is 14.2. The smallest absolute Gasteiger partial charge is 0.263 e. The number of carbonyl (C=O) groups excluding carboxylic acids is 1. The molecule has 1 atom stereocenters. The first kappa shape index (κ1) is 17.1. The van der Waals surface area contributed by atoms with Crippen molar-refractivity contribution in [1.82, 2.24) is 9.80 Å². The number of benzene rings is 1. The SMILES string of the molecule is Cc1ccc(C(=O)N(C)C[C@]2(O)CCN(Cc3ccccc3)C2)s1. The van der Waals surface area contributed by atoms with Crippen molar-refractivity contribution in [2.45, 2.75) is 25.5 Å². The average molecular weight is 344 g/mol. The van der Waals surface area contributed by atoms with E-state index in [1.54, 1.807) is 11.9 Å². The second-order valence-corrected chi connectivity index (χ2v) is 8.03. The molecular weight excluding hydrogens is 320 g/mol. The Morgan fingerprint density at radius 2 is 2.04 bits per heavy atom. The van der Waals surface area contributed by atoms with Crippen LogP contribution in [-0.2, 0) is 6.54 Å². The van der Waals surface area contributed by atoms with Crippen LogP contribution < -0.4 is 0 Å². The normalized spacial score (nSPS) is 21.1. The average Bonchev–Trinajstić information content (AvgIpc) is 3.14. The molecular formula is C19H24N2O2S. The van der Waals surface area contributed by atoms with Crippen LogP contribution in [-0.4, -0.2) is 53.1 Å². The van der Waals surface area contributed by atoms with Gasteiger partial charge < -0.3 is 10.0 Å². The van der Waals surface area contributed by atoms with Crippen molar-refractivity contribution in [3.05, 3.63) is 57.8 Å². The van der Waals surface area contributed by atoms with Crippen molar-refractivity contribution < 1.29 is 9.90 Å². The lowest BCUT2D eigenvalue weighted by atomic mass is 10.0. The van der Waals surface area contributed by atoms with Gasteiger partial charge in [-0.15, -0.1) is 11.3 Å². The lowest BCUT2D eigenvalue weighted by molar-refractivity contribution is 0.0172. The number of β-amino-alcohol motifs (C(OH)–C–C–N with tert-alkyl or cyclic N) is 1. The number of nitrogens with zero attached hydrogens (tertiary/aromatic N) is 2. The van der Waals surface area contributed by atoms with Crippen molar-refractivity contribution >= 4 is 17.2 Å². The molecule has 1 aromatic carbocycles. The van der Waals surface area contributed by atoms with E-state index in [1.165, 1.54) is 16.9 Å². The summed E-state index contributed by atoms with van der Waals surface area (Å²) in [6.07, 6.45) is 0.695. The van der Waals surface area contributed by atoms with Crippen molar-refractivity contribution in [3.63, 3.8) is 0 Å². The van der Waals surface area contributed by atoms with Gasteiger partial charge in [0, 0.05) is 31.6 Å². The summed E-state index contributed by atoms with van der Waals surface area (Å²) in [5.74, 6) is -0.0111. The minimum atomic E-state index is -0.828. The number of hydrogen-bond donors (Lipinski definition) is 1. The van der Waals surface area contributed by atoms with Crippen molar-refractivity contribution in [2.75, 3.05) is 26.7 Å². The Balaban J connectivity index is 1.57. The maximum Gasteiger partial charge on any atom is 0.263 e. The number of amides is 1. The van der Waals surface area contributed by atoms with Gasteiger partial charge in [-0.2, -0.15) is 0 Å². The number of carbonyl (C=O) groups is 1. The molecule has 1 aliphatic heterocycles. The number of likely N-dealkylation sites (N-methyl/N-ethyl adjacent to an activating group) is 1. The van der Waals surface area contributed by atoms with Crippen LogP contribution in [0.4, 0.5) is 0 Å². The van der Waals surface area contributed by atoms with Crippen molar-refractivity contribution in [1.29, 1.82) is 0 Å². The molecule has 2 heterocycles. The van der Waals surface area contributed by atoms with Gasteiger partial charge in [0.15, 0.2) is 0 Å². The fourth-order valence-corrected chi connectivity index (χ4v) is 4.16. The maximum atomic E-state index is 12.5. The Hall–Kier alpha value is -1.69. The third-order valence-corrected chi connectivity index (χ3v) is 5.48. The molecule has 0 spiro atoms. The van der Waals surface area contributed by atoms with Crippen LogP contribution in [0.1, 0.15) is 26.5 Å². The van der Waals surface area contributed by atoms with Gasteiger partial charge in [0.25, 0.3) is 5.91 Å². The molecule has 4 nitrogen and oxygen atoms in total. The van der Waals surface area contributed by atoms with E-state index in [4.69, 9.17) is 0 Å². The van der Waals surface area contributed by atoms with Gasteiger partial charge >= 0.3 is 0 Å². The molecule has 5 heteroatoms. The number of rotatable bonds is 5. The lowest BCUT2D eigenvalue weighted by Crippen LogP contribution is -2.45. The van der Waals surface area contributed by atoms with E-state index in [9.17, 15) is 9.90 Å². The first-order chi connectivity index (χ1) is 11.5. The van der Waals surface area contributed by atoms with E-state index in [2.05, 4.69) is 17.0 Å². The van der Waals surface area contributed by atoms with Crippen LogP contribution in [0.3, 0.4) is 0 Å². The number of likely N-dealkylation sites (tertiary alicyclic amines) is 1. The zero-order chi connectivity index (χ0) is 17.2. The monoisotopic (exact) mass is 344 g/mol. The predicted molar refractivity (Wildman–Crippen MR) is 97.3 cm³/mol. The molecule has 0 bridgehead atoms. The van der Waals surface area contributed by atoms with Gasteiger partial charge in [-0.05, 0) is 31.0 Å². The van der Waals surface area contributed by atoms with Crippen molar-refractivity contribution in [3.8, 4) is 0 Å². The number of aryl methyl sites for hydroxylation is 1. The molecule has 2 aromatic rings.